The average Bonchev–Trinajstić information content (AvgIpc) is 1.97. The predicted molar refractivity (Wildman–Crippen MR) is 40.7 cm³/mol. The minimum atomic E-state index is -1.33. The Morgan fingerprint density at radius 2 is 1.91 bits per heavy atom. The summed E-state index contributed by atoms with van der Waals surface area (Å²) in [6, 6.07) is 0.987. The van der Waals surface area contributed by atoms with Crippen LogP contribution in [0.1, 0.15) is 0 Å². The molecule has 0 atom stereocenters. The largest absolute Gasteiger partial charge is 0.505 e. The van der Waals surface area contributed by atoms with E-state index in [1.54, 1.807) is 0 Å². The van der Waals surface area contributed by atoms with E-state index in [1.165, 1.54) is 0 Å². The molecule has 0 aromatic heterocycles. The monoisotopic (exact) mass is 242 g/mol. The Hall–Kier alpha value is -0.350. The summed E-state index contributed by atoms with van der Waals surface area (Å²) in [4.78, 5) is 0. The van der Waals surface area contributed by atoms with Gasteiger partial charge < -0.3 is 5.11 Å². The van der Waals surface area contributed by atoms with Gasteiger partial charge >= 0.3 is 0 Å². The lowest BCUT2D eigenvalue weighted by Crippen LogP contribution is -1.86. The van der Waals surface area contributed by atoms with Crippen LogP contribution in [0, 0.1) is 11.6 Å². The van der Waals surface area contributed by atoms with Crippen molar-refractivity contribution in [2.45, 2.75) is 0 Å². The van der Waals surface area contributed by atoms with Crippen LogP contribution in [0.4, 0.5) is 8.78 Å². The van der Waals surface area contributed by atoms with Gasteiger partial charge in [-0.25, -0.2) is 4.39 Å². The second-order valence-electron chi connectivity index (χ2n) is 1.82. The summed E-state index contributed by atoms with van der Waals surface area (Å²) >= 11 is 8.11. The van der Waals surface area contributed by atoms with Gasteiger partial charge in [-0.2, -0.15) is 4.39 Å². The summed E-state index contributed by atoms with van der Waals surface area (Å²) < 4.78 is 25.1. The molecular weight excluding hydrogens is 241 g/mol. The number of phenols is 1. The lowest BCUT2D eigenvalue weighted by atomic mass is 10.3. The van der Waals surface area contributed by atoms with Crippen LogP contribution in [-0.2, 0) is 0 Å². The van der Waals surface area contributed by atoms with Gasteiger partial charge in [0.1, 0.15) is 0 Å². The molecule has 0 spiro atoms. The van der Waals surface area contributed by atoms with E-state index in [-0.39, 0.29) is 9.50 Å². The first kappa shape index (κ1) is 8.74. The standard InChI is InChI=1S/C6H2BrClF2O/c7-2-1-3(11)5(9)6(10)4(2)8/h1,11H. The van der Waals surface area contributed by atoms with Gasteiger partial charge in [0.2, 0.25) is 5.82 Å². The van der Waals surface area contributed by atoms with Crippen LogP contribution in [0.25, 0.3) is 0 Å². The Morgan fingerprint density at radius 1 is 1.36 bits per heavy atom. The molecular formula is C6H2BrClF2O. The minimum absolute atomic E-state index is 0.121. The highest BCUT2D eigenvalue weighted by molar-refractivity contribution is 9.10. The highest BCUT2D eigenvalue weighted by Crippen LogP contribution is 2.32. The van der Waals surface area contributed by atoms with Crippen LogP contribution < -0.4 is 0 Å². The van der Waals surface area contributed by atoms with Crippen molar-refractivity contribution in [3.05, 3.63) is 27.2 Å². The van der Waals surface area contributed by atoms with Gasteiger partial charge in [0.05, 0.1) is 5.02 Å². The third kappa shape index (κ3) is 1.46. The highest BCUT2D eigenvalue weighted by atomic mass is 79.9. The molecule has 0 unspecified atom stereocenters. The number of hydrogen-bond acceptors (Lipinski definition) is 1. The van der Waals surface area contributed by atoms with Crippen LogP contribution in [0.15, 0.2) is 10.5 Å². The molecule has 0 fully saturated rings. The molecule has 0 radical (unpaired) electrons. The van der Waals surface area contributed by atoms with Gasteiger partial charge in [-0.3, -0.25) is 0 Å². The second kappa shape index (κ2) is 2.95. The fourth-order valence-electron chi connectivity index (χ4n) is 0.560. The number of rotatable bonds is 0. The number of phenolic OH excluding ortho intramolecular Hbond substituents is 1. The number of halogens is 4. The molecule has 1 rings (SSSR count). The maximum Gasteiger partial charge on any atom is 0.201 e. The highest BCUT2D eigenvalue weighted by Gasteiger charge is 2.14. The quantitative estimate of drug-likeness (QED) is 0.548. The van der Waals surface area contributed by atoms with Gasteiger partial charge in [-0.15, -0.1) is 0 Å². The maximum absolute atomic E-state index is 12.6. The number of aromatic hydroxyl groups is 1. The van der Waals surface area contributed by atoms with Crippen molar-refractivity contribution in [3.63, 3.8) is 0 Å². The van der Waals surface area contributed by atoms with Gasteiger partial charge in [-0.05, 0) is 22.0 Å². The van der Waals surface area contributed by atoms with E-state index in [1.807, 2.05) is 0 Å². The molecule has 0 heterocycles. The van der Waals surface area contributed by atoms with Crippen molar-refractivity contribution in [2.24, 2.45) is 0 Å². The number of benzene rings is 1. The Labute approximate surface area is 74.7 Å². The molecule has 1 nitrogen and oxygen atoms in total. The summed E-state index contributed by atoms with van der Waals surface area (Å²) in [6.45, 7) is 0. The van der Waals surface area contributed by atoms with E-state index < -0.39 is 17.4 Å². The van der Waals surface area contributed by atoms with Crippen LogP contribution in [0.5, 0.6) is 5.75 Å². The van der Waals surface area contributed by atoms with Gasteiger partial charge in [0.25, 0.3) is 0 Å². The summed E-state index contributed by atoms with van der Waals surface area (Å²) in [7, 11) is 0. The molecule has 1 aromatic rings. The fourth-order valence-corrected chi connectivity index (χ4v) is 1.09. The van der Waals surface area contributed by atoms with E-state index in [2.05, 4.69) is 15.9 Å². The van der Waals surface area contributed by atoms with E-state index >= 15 is 0 Å². The molecule has 0 saturated carbocycles. The Kier molecular flexibility index (Phi) is 2.34. The van der Waals surface area contributed by atoms with Crippen molar-refractivity contribution in [1.82, 2.24) is 0 Å². The van der Waals surface area contributed by atoms with Crippen molar-refractivity contribution in [1.29, 1.82) is 0 Å². The van der Waals surface area contributed by atoms with Crippen molar-refractivity contribution >= 4 is 27.5 Å². The average molecular weight is 243 g/mol. The van der Waals surface area contributed by atoms with Crippen LogP contribution in [-0.4, -0.2) is 5.11 Å². The van der Waals surface area contributed by atoms with Crippen LogP contribution >= 0.6 is 27.5 Å². The number of hydrogen-bond donors (Lipinski definition) is 1. The van der Waals surface area contributed by atoms with E-state index in [0.29, 0.717) is 0 Å². The third-order valence-electron chi connectivity index (χ3n) is 1.08. The molecule has 1 N–H and O–H groups in total. The topological polar surface area (TPSA) is 20.2 Å². The van der Waals surface area contributed by atoms with Crippen LogP contribution in [0.2, 0.25) is 5.02 Å². The summed E-state index contributed by atoms with van der Waals surface area (Å²) in [5.41, 5.74) is 0. The molecule has 0 saturated heterocycles. The zero-order chi connectivity index (χ0) is 8.59. The molecule has 0 aliphatic carbocycles. The first-order chi connectivity index (χ1) is 5.04. The Bertz CT molecular complexity index is 277. The predicted octanol–water partition coefficient (Wildman–Crippen LogP) is 3.09. The molecule has 5 heteroatoms. The van der Waals surface area contributed by atoms with Gasteiger partial charge in [0, 0.05) is 4.47 Å². The minimum Gasteiger partial charge on any atom is -0.505 e. The van der Waals surface area contributed by atoms with Crippen molar-refractivity contribution in [2.75, 3.05) is 0 Å². The molecule has 0 bridgehead atoms. The lowest BCUT2D eigenvalue weighted by molar-refractivity contribution is 0.406. The smallest absolute Gasteiger partial charge is 0.201 e. The molecule has 11 heavy (non-hydrogen) atoms. The second-order valence-corrected chi connectivity index (χ2v) is 3.05. The zero-order valence-electron chi connectivity index (χ0n) is 5.04. The first-order valence-corrected chi connectivity index (χ1v) is 3.73. The van der Waals surface area contributed by atoms with Crippen molar-refractivity contribution in [3.8, 4) is 5.75 Å². The fraction of sp³-hybridized carbons (Fsp3) is 0. The normalized spacial score (nSPS) is 10.2. The molecule has 0 aliphatic rings. The lowest BCUT2D eigenvalue weighted by Gasteiger charge is -2.00. The molecule has 1 aromatic carbocycles. The molecule has 60 valence electrons. The van der Waals surface area contributed by atoms with E-state index in [0.717, 1.165) is 6.07 Å². The summed E-state index contributed by atoms with van der Waals surface area (Å²) in [5, 5.41) is 8.33. The summed E-state index contributed by atoms with van der Waals surface area (Å²) in [6.07, 6.45) is 0. The Morgan fingerprint density at radius 3 is 2.45 bits per heavy atom. The van der Waals surface area contributed by atoms with E-state index in [4.69, 9.17) is 16.7 Å². The van der Waals surface area contributed by atoms with Gasteiger partial charge in [-0.1, -0.05) is 11.6 Å². The van der Waals surface area contributed by atoms with Crippen LogP contribution in [0.3, 0.4) is 0 Å². The third-order valence-corrected chi connectivity index (χ3v) is 2.31. The molecule has 0 aliphatic heterocycles. The van der Waals surface area contributed by atoms with Gasteiger partial charge in [0.15, 0.2) is 11.6 Å². The van der Waals surface area contributed by atoms with Crippen molar-refractivity contribution < 1.29 is 13.9 Å². The molecule has 0 amide bonds. The Balaban J connectivity index is 3.46. The maximum atomic E-state index is 12.6. The first-order valence-electron chi connectivity index (χ1n) is 2.56. The zero-order valence-corrected chi connectivity index (χ0v) is 7.38. The SMILES string of the molecule is Oc1cc(Br)c(Cl)c(F)c1F. The van der Waals surface area contributed by atoms with E-state index in [9.17, 15) is 8.78 Å². The summed E-state index contributed by atoms with van der Waals surface area (Å²) in [5.74, 6) is -3.35.